The first-order valence-electron chi connectivity index (χ1n) is 7.32. The van der Waals surface area contributed by atoms with Crippen molar-refractivity contribution in [2.45, 2.75) is 20.3 Å². The van der Waals surface area contributed by atoms with E-state index in [2.05, 4.69) is 30.1 Å². The Morgan fingerprint density at radius 3 is 2.77 bits per heavy atom. The van der Waals surface area contributed by atoms with Gasteiger partial charge < -0.3 is 4.57 Å². The minimum Gasteiger partial charge on any atom is -0.319 e. The molecule has 0 spiro atoms. The first-order chi connectivity index (χ1) is 10.6. The molecular weight excluding hydrogens is 292 g/mol. The van der Waals surface area contributed by atoms with Gasteiger partial charge in [-0.25, -0.2) is 0 Å². The molecule has 0 aliphatic heterocycles. The number of hydrogen-bond donors (Lipinski definition) is 0. The Labute approximate surface area is 133 Å². The van der Waals surface area contributed by atoms with Crippen LogP contribution in [0.5, 0.6) is 0 Å². The van der Waals surface area contributed by atoms with Crippen LogP contribution < -0.4 is 4.80 Å². The summed E-state index contributed by atoms with van der Waals surface area (Å²) in [6.07, 6.45) is 1.01. The van der Waals surface area contributed by atoms with Crippen LogP contribution in [0.1, 0.15) is 28.4 Å². The second kappa shape index (κ2) is 5.89. The van der Waals surface area contributed by atoms with E-state index in [1.165, 1.54) is 5.56 Å². The van der Waals surface area contributed by atoms with E-state index >= 15 is 0 Å². The summed E-state index contributed by atoms with van der Waals surface area (Å²) in [5, 5.41) is 0. The van der Waals surface area contributed by atoms with E-state index in [1.54, 1.807) is 17.4 Å². The monoisotopic (exact) mass is 310 g/mol. The summed E-state index contributed by atoms with van der Waals surface area (Å²) in [5.74, 6) is -0.193. The lowest BCUT2D eigenvalue weighted by Crippen LogP contribution is -2.13. The van der Waals surface area contributed by atoms with Crippen molar-refractivity contribution in [1.82, 2.24) is 4.57 Å². The SMILES string of the molecule is CCc1ccc2c(c1)sc(=NC(=O)c1cccc(C)c1)n2C. The third-order valence-electron chi connectivity index (χ3n) is 3.74. The maximum absolute atomic E-state index is 12.3. The number of thiazole rings is 1. The Kier molecular flexibility index (Phi) is 3.94. The second-order valence-electron chi connectivity index (χ2n) is 5.39. The minimum absolute atomic E-state index is 0.193. The van der Waals surface area contributed by atoms with Crippen molar-refractivity contribution in [2.24, 2.45) is 12.0 Å². The number of rotatable bonds is 2. The van der Waals surface area contributed by atoms with Crippen LogP contribution in [0.15, 0.2) is 47.5 Å². The van der Waals surface area contributed by atoms with E-state index < -0.39 is 0 Å². The van der Waals surface area contributed by atoms with Gasteiger partial charge in [-0.2, -0.15) is 4.99 Å². The minimum atomic E-state index is -0.193. The number of carbonyl (C=O) groups excluding carboxylic acids is 1. The normalized spacial score (nSPS) is 12.0. The molecule has 0 aliphatic rings. The van der Waals surface area contributed by atoms with E-state index in [0.717, 1.165) is 27.0 Å². The summed E-state index contributed by atoms with van der Waals surface area (Å²) < 4.78 is 3.14. The first-order valence-corrected chi connectivity index (χ1v) is 8.14. The molecule has 22 heavy (non-hydrogen) atoms. The molecule has 1 amide bonds. The lowest BCUT2D eigenvalue weighted by Gasteiger charge is -1.98. The lowest BCUT2D eigenvalue weighted by molar-refractivity contribution is 0.0998. The van der Waals surface area contributed by atoms with Crippen LogP contribution in [0.2, 0.25) is 0 Å². The molecule has 112 valence electrons. The fraction of sp³-hybridized carbons (Fsp3) is 0.222. The van der Waals surface area contributed by atoms with Crippen LogP contribution in [-0.4, -0.2) is 10.5 Å². The van der Waals surface area contributed by atoms with Crippen LogP contribution in [-0.2, 0) is 13.5 Å². The van der Waals surface area contributed by atoms with Gasteiger partial charge in [0.1, 0.15) is 0 Å². The number of hydrogen-bond acceptors (Lipinski definition) is 2. The topological polar surface area (TPSA) is 34.4 Å². The number of aryl methyl sites for hydroxylation is 3. The molecule has 0 atom stereocenters. The average Bonchev–Trinajstić information content (AvgIpc) is 2.82. The number of aromatic nitrogens is 1. The molecule has 2 aromatic carbocycles. The number of nitrogens with zero attached hydrogens (tertiary/aromatic N) is 2. The van der Waals surface area contributed by atoms with Crippen molar-refractivity contribution in [3.8, 4) is 0 Å². The van der Waals surface area contributed by atoms with Crippen LogP contribution in [0.3, 0.4) is 0 Å². The van der Waals surface area contributed by atoms with Gasteiger partial charge in [0.05, 0.1) is 10.2 Å². The highest BCUT2D eigenvalue weighted by Crippen LogP contribution is 2.18. The third-order valence-corrected chi connectivity index (χ3v) is 4.84. The standard InChI is InChI=1S/C18H18N2OS/c1-4-13-8-9-15-16(11-13)22-18(20(15)3)19-17(21)14-7-5-6-12(2)10-14/h5-11H,4H2,1-3H3. The van der Waals surface area contributed by atoms with Gasteiger partial charge in [0.2, 0.25) is 0 Å². The quantitative estimate of drug-likeness (QED) is 0.708. The average molecular weight is 310 g/mol. The van der Waals surface area contributed by atoms with Crippen molar-refractivity contribution in [2.75, 3.05) is 0 Å². The molecule has 0 aliphatic carbocycles. The van der Waals surface area contributed by atoms with Gasteiger partial charge in [0.25, 0.3) is 5.91 Å². The summed E-state index contributed by atoms with van der Waals surface area (Å²) in [6.45, 7) is 4.11. The van der Waals surface area contributed by atoms with Gasteiger partial charge in [-0.15, -0.1) is 0 Å². The molecule has 1 aromatic heterocycles. The van der Waals surface area contributed by atoms with Gasteiger partial charge in [0, 0.05) is 12.6 Å². The summed E-state index contributed by atoms with van der Waals surface area (Å²) in [6, 6.07) is 13.9. The van der Waals surface area contributed by atoms with Crippen molar-refractivity contribution in [1.29, 1.82) is 0 Å². The number of amides is 1. The lowest BCUT2D eigenvalue weighted by atomic mass is 10.1. The van der Waals surface area contributed by atoms with E-state index in [-0.39, 0.29) is 5.91 Å². The molecule has 0 fully saturated rings. The summed E-state index contributed by atoms with van der Waals surface area (Å²) in [7, 11) is 1.95. The molecule has 0 unspecified atom stereocenters. The maximum atomic E-state index is 12.3. The van der Waals surface area contributed by atoms with E-state index in [9.17, 15) is 4.79 Å². The molecule has 0 saturated carbocycles. The molecule has 0 radical (unpaired) electrons. The largest absolute Gasteiger partial charge is 0.319 e. The van der Waals surface area contributed by atoms with Gasteiger partial charge in [-0.05, 0) is 43.2 Å². The molecule has 0 bridgehead atoms. The molecule has 4 heteroatoms. The molecular formula is C18H18N2OS. The third kappa shape index (κ3) is 2.74. The second-order valence-corrected chi connectivity index (χ2v) is 6.39. The van der Waals surface area contributed by atoms with Crippen LogP contribution in [0.4, 0.5) is 0 Å². The highest BCUT2D eigenvalue weighted by atomic mass is 32.1. The Bertz CT molecular complexity index is 918. The van der Waals surface area contributed by atoms with Crippen LogP contribution in [0, 0.1) is 6.92 Å². The van der Waals surface area contributed by atoms with Crippen molar-refractivity contribution < 1.29 is 4.79 Å². The van der Waals surface area contributed by atoms with Gasteiger partial charge >= 0.3 is 0 Å². The summed E-state index contributed by atoms with van der Waals surface area (Å²) in [4.78, 5) is 17.4. The predicted octanol–water partition coefficient (Wildman–Crippen LogP) is 3.85. The Hall–Kier alpha value is -2.20. The Balaban J connectivity index is 2.09. The molecule has 3 nitrogen and oxygen atoms in total. The van der Waals surface area contributed by atoms with Crippen molar-refractivity contribution in [3.63, 3.8) is 0 Å². The number of fused-ring (bicyclic) bond motifs is 1. The zero-order chi connectivity index (χ0) is 15.7. The summed E-state index contributed by atoms with van der Waals surface area (Å²) >= 11 is 1.56. The number of carbonyl (C=O) groups is 1. The van der Waals surface area contributed by atoms with Gasteiger partial charge in [-0.1, -0.05) is 42.0 Å². The van der Waals surface area contributed by atoms with Gasteiger partial charge in [0.15, 0.2) is 4.80 Å². The maximum Gasteiger partial charge on any atom is 0.279 e. The predicted molar refractivity (Wildman–Crippen MR) is 91.2 cm³/mol. The highest BCUT2D eigenvalue weighted by molar-refractivity contribution is 7.16. The van der Waals surface area contributed by atoms with Crippen LogP contribution >= 0.6 is 11.3 Å². The molecule has 0 saturated heterocycles. The van der Waals surface area contributed by atoms with Crippen molar-refractivity contribution in [3.05, 3.63) is 64.0 Å². The molecule has 3 aromatic rings. The fourth-order valence-electron chi connectivity index (χ4n) is 2.43. The van der Waals surface area contributed by atoms with E-state index in [0.29, 0.717) is 5.56 Å². The van der Waals surface area contributed by atoms with Gasteiger partial charge in [-0.3, -0.25) is 4.79 Å². The van der Waals surface area contributed by atoms with Crippen LogP contribution in [0.25, 0.3) is 10.2 Å². The first kappa shape index (κ1) is 14.7. The zero-order valence-corrected chi connectivity index (χ0v) is 13.8. The Morgan fingerprint density at radius 2 is 2.05 bits per heavy atom. The van der Waals surface area contributed by atoms with Crippen molar-refractivity contribution >= 4 is 27.5 Å². The summed E-state index contributed by atoms with van der Waals surface area (Å²) in [5.41, 5.74) is 4.10. The zero-order valence-electron chi connectivity index (χ0n) is 13.0. The fourth-order valence-corrected chi connectivity index (χ4v) is 3.51. The van der Waals surface area contributed by atoms with E-state index in [1.807, 2.05) is 36.7 Å². The highest BCUT2D eigenvalue weighted by Gasteiger charge is 2.07. The molecule has 0 N–H and O–H groups in total. The molecule has 1 heterocycles. The Morgan fingerprint density at radius 1 is 1.23 bits per heavy atom. The molecule has 3 rings (SSSR count). The number of benzene rings is 2. The van der Waals surface area contributed by atoms with E-state index in [4.69, 9.17) is 0 Å². The smallest absolute Gasteiger partial charge is 0.279 e.